The van der Waals surface area contributed by atoms with Gasteiger partial charge < -0.3 is 10.6 Å². The first-order valence-corrected chi connectivity index (χ1v) is 8.11. The van der Waals surface area contributed by atoms with Gasteiger partial charge in [-0.25, -0.2) is 0 Å². The Labute approximate surface area is 128 Å². The van der Waals surface area contributed by atoms with E-state index in [0.717, 1.165) is 31.1 Å². The third kappa shape index (κ3) is 7.11. The fourth-order valence-corrected chi connectivity index (χ4v) is 2.25. The van der Waals surface area contributed by atoms with Gasteiger partial charge in [-0.3, -0.25) is 9.78 Å². The Hall–Kier alpha value is -1.58. The number of carbonyl (C=O) groups excluding carboxylic acids is 1. The van der Waals surface area contributed by atoms with Gasteiger partial charge in [0.25, 0.3) is 5.91 Å². The predicted octanol–water partition coefficient (Wildman–Crippen LogP) is 3.85. The molecule has 1 aromatic rings. The molecule has 4 nitrogen and oxygen atoms in total. The lowest BCUT2D eigenvalue weighted by Gasteiger charge is -2.10. The van der Waals surface area contributed by atoms with Crippen molar-refractivity contribution < 1.29 is 4.79 Å². The normalized spacial score (nSPS) is 10.7. The molecule has 2 N–H and O–H groups in total. The third-order valence-corrected chi connectivity index (χ3v) is 3.43. The molecule has 1 aromatic heterocycles. The molecule has 0 saturated carbocycles. The summed E-state index contributed by atoms with van der Waals surface area (Å²) in [6.07, 6.45) is 9.43. The van der Waals surface area contributed by atoms with Crippen molar-refractivity contribution in [1.29, 1.82) is 0 Å². The molecule has 4 heteroatoms. The zero-order valence-corrected chi connectivity index (χ0v) is 13.6. The van der Waals surface area contributed by atoms with Crippen molar-refractivity contribution in [2.24, 2.45) is 5.92 Å². The van der Waals surface area contributed by atoms with Crippen LogP contribution >= 0.6 is 0 Å². The number of carbonyl (C=O) groups is 1. The Balaban J connectivity index is 2.25. The molecular weight excluding hydrogens is 262 g/mol. The summed E-state index contributed by atoms with van der Waals surface area (Å²) < 4.78 is 0. The van der Waals surface area contributed by atoms with E-state index < -0.39 is 0 Å². The molecule has 0 spiro atoms. The highest BCUT2D eigenvalue weighted by molar-refractivity contribution is 5.99. The van der Waals surface area contributed by atoms with Crippen LogP contribution in [-0.2, 0) is 0 Å². The highest BCUT2D eigenvalue weighted by Gasteiger charge is 2.09. The molecule has 1 amide bonds. The number of pyridine rings is 1. The first-order chi connectivity index (χ1) is 10.1. The molecular formula is C17H29N3O. The molecule has 0 aromatic carbocycles. The second kappa shape index (κ2) is 10.2. The van der Waals surface area contributed by atoms with E-state index in [4.69, 9.17) is 0 Å². The number of aromatic nitrogens is 1. The Morgan fingerprint density at radius 1 is 1.24 bits per heavy atom. The van der Waals surface area contributed by atoms with Crippen molar-refractivity contribution >= 4 is 11.6 Å². The van der Waals surface area contributed by atoms with E-state index in [1.165, 1.54) is 25.7 Å². The van der Waals surface area contributed by atoms with Crippen LogP contribution in [0.4, 0.5) is 5.69 Å². The number of hydrogen-bond donors (Lipinski definition) is 2. The zero-order chi connectivity index (χ0) is 15.5. The van der Waals surface area contributed by atoms with Crippen LogP contribution in [0.1, 0.15) is 63.2 Å². The largest absolute Gasteiger partial charge is 0.383 e. The quantitative estimate of drug-likeness (QED) is 0.644. The van der Waals surface area contributed by atoms with Crippen LogP contribution in [0.25, 0.3) is 0 Å². The van der Waals surface area contributed by atoms with Crippen LogP contribution in [0, 0.1) is 5.92 Å². The molecule has 0 atom stereocenters. The SMILES string of the molecule is CCNc1cnccc1C(=O)NCCCCCCC(C)C. The van der Waals surface area contributed by atoms with E-state index in [-0.39, 0.29) is 5.91 Å². The van der Waals surface area contributed by atoms with Gasteiger partial charge in [0.15, 0.2) is 0 Å². The van der Waals surface area contributed by atoms with Gasteiger partial charge in [-0.05, 0) is 25.3 Å². The summed E-state index contributed by atoms with van der Waals surface area (Å²) in [7, 11) is 0. The summed E-state index contributed by atoms with van der Waals surface area (Å²) in [4.78, 5) is 16.2. The topological polar surface area (TPSA) is 54.0 Å². The van der Waals surface area contributed by atoms with Crippen molar-refractivity contribution in [3.63, 3.8) is 0 Å². The highest BCUT2D eigenvalue weighted by atomic mass is 16.1. The summed E-state index contributed by atoms with van der Waals surface area (Å²) >= 11 is 0. The number of amides is 1. The summed E-state index contributed by atoms with van der Waals surface area (Å²) in [5.41, 5.74) is 1.47. The molecule has 0 fully saturated rings. The number of nitrogens with zero attached hydrogens (tertiary/aromatic N) is 1. The first-order valence-electron chi connectivity index (χ1n) is 8.11. The summed E-state index contributed by atoms with van der Waals surface area (Å²) in [5.74, 6) is 0.774. The van der Waals surface area contributed by atoms with Crippen molar-refractivity contribution in [2.45, 2.75) is 52.9 Å². The lowest BCUT2D eigenvalue weighted by Crippen LogP contribution is -2.25. The van der Waals surface area contributed by atoms with Gasteiger partial charge in [0.05, 0.1) is 17.4 Å². The Bertz CT molecular complexity index is 418. The number of nitrogens with one attached hydrogen (secondary N) is 2. The second-order valence-corrected chi connectivity index (χ2v) is 5.80. The van der Waals surface area contributed by atoms with Crippen molar-refractivity contribution in [3.05, 3.63) is 24.0 Å². The van der Waals surface area contributed by atoms with E-state index in [1.807, 2.05) is 6.92 Å². The fourth-order valence-electron chi connectivity index (χ4n) is 2.25. The minimum Gasteiger partial charge on any atom is -0.383 e. The summed E-state index contributed by atoms with van der Waals surface area (Å²) in [6, 6.07) is 1.76. The maximum atomic E-state index is 12.1. The average Bonchev–Trinajstić information content (AvgIpc) is 2.46. The van der Waals surface area contributed by atoms with Crippen LogP contribution in [0.3, 0.4) is 0 Å². The minimum absolute atomic E-state index is 0.0180. The Morgan fingerprint density at radius 2 is 2.00 bits per heavy atom. The lowest BCUT2D eigenvalue weighted by molar-refractivity contribution is 0.0953. The van der Waals surface area contributed by atoms with E-state index in [2.05, 4.69) is 29.5 Å². The van der Waals surface area contributed by atoms with Crippen molar-refractivity contribution in [3.8, 4) is 0 Å². The molecule has 0 radical (unpaired) electrons. The van der Waals surface area contributed by atoms with Crippen LogP contribution < -0.4 is 10.6 Å². The molecule has 118 valence electrons. The highest BCUT2D eigenvalue weighted by Crippen LogP contribution is 2.13. The van der Waals surface area contributed by atoms with E-state index in [0.29, 0.717) is 5.56 Å². The number of anilines is 1. The number of rotatable bonds is 10. The molecule has 21 heavy (non-hydrogen) atoms. The molecule has 0 bridgehead atoms. The van der Waals surface area contributed by atoms with Gasteiger partial charge in [0, 0.05) is 19.3 Å². The first kappa shape index (κ1) is 17.5. The molecule has 1 rings (SSSR count). The molecule has 0 aliphatic heterocycles. The molecule has 1 heterocycles. The van der Waals surface area contributed by atoms with Gasteiger partial charge in [-0.15, -0.1) is 0 Å². The lowest BCUT2D eigenvalue weighted by atomic mass is 10.0. The summed E-state index contributed by atoms with van der Waals surface area (Å²) in [6.45, 7) is 8.05. The smallest absolute Gasteiger partial charge is 0.253 e. The standard InChI is InChI=1S/C17H29N3O/c1-4-19-16-13-18-12-10-15(16)17(21)20-11-8-6-5-7-9-14(2)3/h10,12-14,19H,4-9,11H2,1-3H3,(H,20,21). The average molecular weight is 291 g/mol. The van der Waals surface area contributed by atoms with E-state index in [9.17, 15) is 4.79 Å². The third-order valence-electron chi connectivity index (χ3n) is 3.43. The van der Waals surface area contributed by atoms with Crippen LogP contribution in [0.2, 0.25) is 0 Å². The predicted molar refractivity (Wildman–Crippen MR) is 88.7 cm³/mol. The summed E-state index contributed by atoms with van der Waals surface area (Å²) in [5, 5.41) is 6.15. The second-order valence-electron chi connectivity index (χ2n) is 5.80. The van der Waals surface area contributed by atoms with Crippen molar-refractivity contribution in [1.82, 2.24) is 10.3 Å². The van der Waals surface area contributed by atoms with Crippen molar-refractivity contribution in [2.75, 3.05) is 18.4 Å². The van der Waals surface area contributed by atoms with Gasteiger partial charge in [0.1, 0.15) is 0 Å². The van der Waals surface area contributed by atoms with Gasteiger partial charge >= 0.3 is 0 Å². The molecule has 0 unspecified atom stereocenters. The molecule has 0 saturated heterocycles. The van der Waals surface area contributed by atoms with Gasteiger partial charge in [0.2, 0.25) is 0 Å². The van der Waals surface area contributed by atoms with Crippen LogP contribution in [-0.4, -0.2) is 24.0 Å². The Kier molecular flexibility index (Phi) is 8.48. The van der Waals surface area contributed by atoms with Gasteiger partial charge in [-0.2, -0.15) is 0 Å². The molecule has 0 aliphatic carbocycles. The van der Waals surface area contributed by atoms with Crippen LogP contribution in [0.15, 0.2) is 18.5 Å². The van der Waals surface area contributed by atoms with Gasteiger partial charge in [-0.1, -0.05) is 39.5 Å². The van der Waals surface area contributed by atoms with E-state index >= 15 is 0 Å². The Morgan fingerprint density at radius 3 is 2.71 bits per heavy atom. The fraction of sp³-hybridized carbons (Fsp3) is 0.647. The maximum Gasteiger partial charge on any atom is 0.253 e. The van der Waals surface area contributed by atoms with E-state index in [1.54, 1.807) is 18.5 Å². The van der Waals surface area contributed by atoms with Crippen LogP contribution in [0.5, 0.6) is 0 Å². The minimum atomic E-state index is -0.0180. The number of hydrogen-bond acceptors (Lipinski definition) is 3. The molecule has 0 aliphatic rings. The zero-order valence-electron chi connectivity index (χ0n) is 13.6. The monoisotopic (exact) mass is 291 g/mol. The maximum absolute atomic E-state index is 12.1. The number of unbranched alkanes of at least 4 members (excludes halogenated alkanes) is 3.